The number of alkyl carbamates (subject to hydrolysis) is 1. The van der Waals surface area contributed by atoms with Gasteiger partial charge in [-0.05, 0) is 57.0 Å². The van der Waals surface area contributed by atoms with E-state index < -0.39 is 55.6 Å². The van der Waals surface area contributed by atoms with Crippen molar-refractivity contribution >= 4 is 21.8 Å². The van der Waals surface area contributed by atoms with Crippen LogP contribution in [0.5, 0.6) is 0 Å². The van der Waals surface area contributed by atoms with Crippen molar-refractivity contribution in [3.63, 3.8) is 0 Å². The lowest BCUT2D eigenvalue weighted by atomic mass is 10.0. The minimum atomic E-state index is -4.31. The lowest BCUT2D eigenvalue weighted by Gasteiger charge is -2.24. The molecule has 2 aromatic rings. The third-order valence-electron chi connectivity index (χ3n) is 3.99. The van der Waals surface area contributed by atoms with Gasteiger partial charge in [0.15, 0.2) is 4.90 Å². The van der Waals surface area contributed by atoms with Crippen molar-refractivity contribution in [1.82, 2.24) is 10.0 Å². The van der Waals surface area contributed by atoms with E-state index >= 15 is 0 Å². The first kappa shape index (κ1) is 24.2. The number of carbonyl (C=O) groups is 1. The SMILES string of the molecule is Cc1cc(F)cc([C@@H](CNS(=O)(=O)c2ccccc2[N+](=O)[O-])NC(=O)OC(C)(C)C)c1. The number of carbonyl (C=O) groups excluding carboxylic acids is 1. The highest BCUT2D eigenvalue weighted by atomic mass is 32.2. The summed E-state index contributed by atoms with van der Waals surface area (Å²) in [7, 11) is -4.31. The average molecular weight is 453 g/mol. The number of sulfonamides is 1. The Bertz CT molecular complexity index is 1060. The van der Waals surface area contributed by atoms with Gasteiger partial charge >= 0.3 is 6.09 Å². The highest BCUT2D eigenvalue weighted by molar-refractivity contribution is 7.89. The van der Waals surface area contributed by atoms with E-state index in [4.69, 9.17) is 4.74 Å². The van der Waals surface area contributed by atoms with Crippen LogP contribution in [0.4, 0.5) is 14.9 Å². The number of nitrogens with one attached hydrogen (secondary N) is 2. The minimum absolute atomic E-state index is 0.300. The van der Waals surface area contributed by atoms with Crippen LogP contribution in [0.15, 0.2) is 47.4 Å². The fraction of sp³-hybridized carbons (Fsp3) is 0.350. The van der Waals surface area contributed by atoms with Crippen molar-refractivity contribution in [2.24, 2.45) is 0 Å². The van der Waals surface area contributed by atoms with Crippen LogP contribution in [0.25, 0.3) is 0 Å². The summed E-state index contributed by atoms with van der Waals surface area (Å²) in [6.07, 6.45) is -0.829. The molecule has 2 N–H and O–H groups in total. The Kier molecular flexibility index (Phi) is 7.34. The second kappa shape index (κ2) is 9.40. The molecule has 11 heteroatoms. The first-order valence-corrected chi connectivity index (χ1v) is 10.8. The van der Waals surface area contributed by atoms with Crippen molar-refractivity contribution in [2.45, 2.75) is 44.2 Å². The Morgan fingerprint density at radius 3 is 2.45 bits per heavy atom. The van der Waals surface area contributed by atoms with Gasteiger partial charge in [-0.2, -0.15) is 0 Å². The largest absolute Gasteiger partial charge is 0.444 e. The first-order valence-electron chi connectivity index (χ1n) is 9.28. The predicted octanol–water partition coefficient (Wildman–Crippen LogP) is 3.59. The van der Waals surface area contributed by atoms with Gasteiger partial charge in [-0.25, -0.2) is 22.3 Å². The fourth-order valence-electron chi connectivity index (χ4n) is 2.77. The predicted molar refractivity (Wildman–Crippen MR) is 112 cm³/mol. The van der Waals surface area contributed by atoms with E-state index in [1.165, 1.54) is 18.2 Å². The molecule has 0 bridgehead atoms. The number of nitrogens with zero attached hydrogens (tertiary/aromatic N) is 1. The van der Waals surface area contributed by atoms with Crippen LogP contribution in [0.1, 0.15) is 37.9 Å². The summed E-state index contributed by atoms with van der Waals surface area (Å²) in [5.74, 6) is -0.562. The molecule has 1 atom stereocenters. The van der Waals surface area contributed by atoms with Gasteiger partial charge in [-0.3, -0.25) is 10.1 Å². The number of ether oxygens (including phenoxy) is 1. The monoisotopic (exact) mass is 453 g/mol. The molecule has 2 rings (SSSR count). The number of aryl methyl sites for hydroxylation is 1. The summed E-state index contributed by atoms with van der Waals surface area (Å²) in [5.41, 5.74) is -0.536. The normalized spacial score (nSPS) is 12.8. The third-order valence-corrected chi connectivity index (χ3v) is 5.46. The molecule has 0 heterocycles. The molecule has 0 saturated heterocycles. The van der Waals surface area contributed by atoms with Crippen molar-refractivity contribution in [1.29, 1.82) is 0 Å². The van der Waals surface area contributed by atoms with Crippen LogP contribution in [-0.2, 0) is 14.8 Å². The number of nitro groups is 1. The third kappa shape index (κ3) is 7.00. The van der Waals surface area contributed by atoms with Crippen LogP contribution in [-0.4, -0.2) is 31.6 Å². The molecular weight excluding hydrogens is 429 g/mol. The number of hydrogen-bond donors (Lipinski definition) is 2. The molecule has 0 aromatic heterocycles. The van der Waals surface area contributed by atoms with Gasteiger partial charge in [0.2, 0.25) is 10.0 Å². The molecule has 0 unspecified atom stereocenters. The number of hydrogen-bond acceptors (Lipinski definition) is 6. The van der Waals surface area contributed by atoms with Gasteiger partial charge in [0.1, 0.15) is 11.4 Å². The average Bonchev–Trinajstić information content (AvgIpc) is 2.62. The van der Waals surface area contributed by atoms with Crippen LogP contribution < -0.4 is 10.0 Å². The van der Waals surface area contributed by atoms with Gasteiger partial charge in [-0.15, -0.1) is 0 Å². The topological polar surface area (TPSA) is 128 Å². The summed E-state index contributed by atoms with van der Waals surface area (Å²) in [6.45, 7) is 6.23. The van der Waals surface area contributed by atoms with Crippen molar-refractivity contribution in [3.8, 4) is 0 Å². The van der Waals surface area contributed by atoms with Crippen LogP contribution >= 0.6 is 0 Å². The lowest BCUT2D eigenvalue weighted by molar-refractivity contribution is -0.387. The number of para-hydroxylation sites is 1. The number of halogens is 1. The molecule has 1 amide bonds. The van der Waals surface area contributed by atoms with E-state index in [2.05, 4.69) is 10.0 Å². The Hall–Kier alpha value is -3.05. The molecule has 31 heavy (non-hydrogen) atoms. The van der Waals surface area contributed by atoms with E-state index in [0.29, 0.717) is 11.1 Å². The molecular formula is C20H24FN3O6S. The molecule has 0 aliphatic carbocycles. The second-order valence-corrected chi connectivity index (χ2v) is 9.57. The van der Waals surface area contributed by atoms with Gasteiger partial charge in [-0.1, -0.05) is 18.2 Å². The van der Waals surface area contributed by atoms with Gasteiger partial charge in [0, 0.05) is 12.6 Å². The lowest BCUT2D eigenvalue weighted by Crippen LogP contribution is -2.40. The quantitative estimate of drug-likeness (QED) is 0.487. The summed E-state index contributed by atoms with van der Waals surface area (Å²) >= 11 is 0. The maximum atomic E-state index is 13.9. The summed E-state index contributed by atoms with van der Waals surface area (Å²) in [6, 6.07) is 7.91. The molecule has 0 aliphatic heterocycles. The van der Waals surface area contributed by atoms with Gasteiger partial charge in [0.25, 0.3) is 5.69 Å². The van der Waals surface area contributed by atoms with E-state index in [0.717, 1.165) is 18.2 Å². The van der Waals surface area contributed by atoms with E-state index in [1.54, 1.807) is 33.8 Å². The maximum Gasteiger partial charge on any atom is 0.408 e. The van der Waals surface area contributed by atoms with Crippen molar-refractivity contribution in [2.75, 3.05) is 6.54 Å². The smallest absolute Gasteiger partial charge is 0.408 e. The van der Waals surface area contributed by atoms with Crippen molar-refractivity contribution < 1.29 is 27.3 Å². The van der Waals surface area contributed by atoms with Crippen LogP contribution in [0.2, 0.25) is 0 Å². The van der Waals surface area contributed by atoms with Gasteiger partial charge in [0.05, 0.1) is 11.0 Å². The maximum absolute atomic E-state index is 13.9. The highest BCUT2D eigenvalue weighted by Crippen LogP contribution is 2.24. The molecule has 0 aliphatic rings. The molecule has 2 aromatic carbocycles. The number of rotatable bonds is 7. The van der Waals surface area contributed by atoms with E-state index in [1.807, 2.05) is 0 Å². The number of benzene rings is 2. The van der Waals surface area contributed by atoms with Crippen LogP contribution in [0.3, 0.4) is 0 Å². The Morgan fingerprint density at radius 1 is 1.23 bits per heavy atom. The molecule has 9 nitrogen and oxygen atoms in total. The Balaban J connectivity index is 2.33. The van der Waals surface area contributed by atoms with Crippen molar-refractivity contribution in [3.05, 3.63) is 69.5 Å². The second-order valence-electron chi connectivity index (χ2n) is 7.84. The highest BCUT2D eigenvalue weighted by Gasteiger charge is 2.27. The van der Waals surface area contributed by atoms with E-state index in [9.17, 15) is 27.7 Å². The van der Waals surface area contributed by atoms with E-state index in [-0.39, 0.29) is 0 Å². The minimum Gasteiger partial charge on any atom is -0.444 e. The summed E-state index contributed by atoms with van der Waals surface area (Å²) in [4.78, 5) is 22.1. The molecule has 0 saturated carbocycles. The standard InChI is InChI=1S/C20H24FN3O6S/c1-13-9-14(11-15(21)10-13)16(23-19(25)30-20(2,3)4)12-22-31(28,29)18-8-6-5-7-17(18)24(26)27/h5-11,16,22H,12H2,1-4H3,(H,23,25)/t16-/m1/s1. The Morgan fingerprint density at radius 2 is 1.87 bits per heavy atom. The number of nitro benzene ring substituents is 1. The Labute approximate surface area is 179 Å². The number of amides is 1. The fourth-order valence-corrected chi connectivity index (χ4v) is 3.99. The molecule has 0 fully saturated rings. The molecule has 0 radical (unpaired) electrons. The summed E-state index contributed by atoms with van der Waals surface area (Å²) < 4.78 is 46.8. The van der Waals surface area contributed by atoms with Gasteiger partial charge < -0.3 is 10.1 Å². The zero-order chi connectivity index (χ0) is 23.4. The van der Waals surface area contributed by atoms with Crippen LogP contribution in [0, 0.1) is 22.9 Å². The first-order chi connectivity index (χ1) is 14.3. The molecule has 0 spiro atoms. The zero-order valence-electron chi connectivity index (χ0n) is 17.5. The zero-order valence-corrected chi connectivity index (χ0v) is 18.3. The summed E-state index contributed by atoms with van der Waals surface area (Å²) in [5, 5.41) is 13.7. The molecule has 168 valence electrons.